The van der Waals surface area contributed by atoms with Gasteiger partial charge in [0.1, 0.15) is 0 Å². The van der Waals surface area contributed by atoms with Gasteiger partial charge in [0.05, 0.1) is 5.69 Å². The molecule has 0 saturated heterocycles. The Balaban J connectivity index is 1.79. The lowest BCUT2D eigenvalue weighted by Crippen LogP contribution is -2.47. The number of aryl methyl sites for hydroxylation is 2. The molecule has 0 aliphatic rings. The molecule has 0 bridgehead atoms. The number of carbonyl (C=O) groups is 2. The summed E-state index contributed by atoms with van der Waals surface area (Å²) >= 11 is 0. The highest BCUT2D eigenvalue weighted by atomic mass is 19.1. The molecule has 2 N–H and O–H groups in total. The summed E-state index contributed by atoms with van der Waals surface area (Å²) in [5, 5.41) is 4.30. The minimum absolute atomic E-state index is 0.0241. The Morgan fingerprint density at radius 2 is 1.96 bits per heavy atom. The molecule has 2 amide bonds. The number of aromatic nitrogens is 2. The van der Waals surface area contributed by atoms with Gasteiger partial charge in [-0.05, 0) is 44.9 Å². The molecule has 140 valence electrons. The number of carbonyl (C=O) groups excluding carboxylic acids is 2. The second-order valence-electron chi connectivity index (χ2n) is 6.00. The Morgan fingerprint density at radius 1 is 1.27 bits per heavy atom. The van der Waals surface area contributed by atoms with Crippen LogP contribution in [0.25, 0.3) is 0 Å². The number of nitrogens with zero attached hydrogens (tertiary/aromatic N) is 2. The van der Waals surface area contributed by atoms with Gasteiger partial charge in [0.15, 0.2) is 17.7 Å². The summed E-state index contributed by atoms with van der Waals surface area (Å²) < 4.78 is 20.5. The summed E-state index contributed by atoms with van der Waals surface area (Å²) in [6.45, 7) is 5.30. The quantitative estimate of drug-likeness (QED) is 0.767. The van der Waals surface area contributed by atoms with Gasteiger partial charge in [-0.2, -0.15) is 5.10 Å². The number of para-hydroxylation sites is 1. The van der Waals surface area contributed by atoms with Crippen LogP contribution in [0.2, 0.25) is 0 Å². The second kappa shape index (κ2) is 8.46. The van der Waals surface area contributed by atoms with E-state index in [1.54, 1.807) is 10.7 Å². The summed E-state index contributed by atoms with van der Waals surface area (Å²) in [6, 6.07) is 5.80. The molecule has 1 aromatic carbocycles. The third-order valence-electron chi connectivity index (χ3n) is 4.10. The van der Waals surface area contributed by atoms with Crippen molar-refractivity contribution in [1.82, 2.24) is 20.6 Å². The Kier molecular flexibility index (Phi) is 6.32. The van der Waals surface area contributed by atoms with Gasteiger partial charge in [-0.25, -0.2) is 4.39 Å². The maximum absolute atomic E-state index is 13.5. The average Bonchev–Trinajstić information content (AvgIpc) is 2.85. The fraction of sp³-hybridized carbons (Fsp3) is 0.389. The zero-order valence-electron chi connectivity index (χ0n) is 15.3. The largest absolute Gasteiger partial charge is 0.478 e. The molecule has 0 spiro atoms. The SMILES string of the molecule is Cc1nn(C)c(C)c1CCC(=O)NNC(=O)C(C)Oc1ccccc1F. The molecule has 0 aliphatic carbocycles. The van der Waals surface area contributed by atoms with Crippen LogP contribution in [0.4, 0.5) is 4.39 Å². The van der Waals surface area contributed by atoms with E-state index in [9.17, 15) is 14.0 Å². The molecule has 1 heterocycles. The van der Waals surface area contributed by atoms with Gasteiger partial charge in [-0.3, -0.25) is 25.1 Å². The first-order chi connectivity index (χ1) is 12.3. The predicted molar refractivity (Wildman–Crippen MR) is 93.8 cm³/mol. The van der Waals surface area contributed by atoms with Crippen LogP contribution >= 0.6 is 0 Å². The van der Waals surface area contributed by atoms with Crippen molar-refractivity contribution >= 4 is 11.8 Å². The van der Waals surface area contributed by atoms with Crippen molar-refractivity contribution in [3.8, 4) is 5.75 Å². The van der Waals surface area contributed by atoms with Crippen molar-refractivity contribution < 1.29 is 18.7 Å². The summed E-state index contributed by atoms with van der Waals surface area (Å²) in [7, 11) is 1.85. The van der Waals surface area contributed by atoms with E-state index in [2.05, 4.69) is 16.0 Å². The third kappa shape index (κ3) is 4.81. The number of rotatable bonds is 6. The molecule has 7 nitrogen and oxygen atoms in total. The van der Waals surface area contributed by atoms with Crippen molar-refractivity contribution in [3.05, 3.63) is 47.0 Å². The third-order valence-corrected chi connectivity index (χ3v) is 4.10. The number of nitrogens with one attached hydrogen (secondary N) is 2. The smallest absolute Gasteiger partial charge is 0.279 e. The average molecular weight is 362 g/mol. The van der Waals surface area contributed by atoms with Gasteiger partial charge >= 0.3 is 0 Å². The first-order valence-electron chi connectivity index (χ1n) is 8.28. The number of hydrazine groups is 1. The van der Waals surface area contributed by atoms with E-state index in [-0.39, 0.29) is 18.1 Å². The van der Waals surface area contributed by atoms with Crippen LogP contribution < -0.4 is 15.6 Å². The molecular formula is C18H23FN4O3. The van der Waals surface area contributed by atoms with E-state index in [0.717, 1.165) is 17.0 Å². The molecule has 0 radical (unpaired) electrons. The highest BCUT2D eigenvalue weighted by Crippen LogP contribution is 2.17. The molecule has 1 unspecified atom stereocenters. The lowest BCUT2D eigenvalue weighted by molar-refractivity contribution is -0.132. The fourth-order valence-corrected chi connectivity index (χ4v) is 2.50. The number of hydrogen-bond acceptors (Lipinski definition) is 4. The topological polar surface area (TPSA) is 85.3 Å². The second-order valence-corrected chi connectivity index (χ2v) is 6.00. The van der Waals surface area contributed by atoms with Crippen LogP contribution in [0.5, 0.6) is 5.75 Å². The van der Waals surface area contributed by atoms with Crippen molar-refractivity contribution in [1.29, 1.82) is 0 Å². The zero-order valence-corrected chi connectivity index (χ0v) is 15.3. The minimum Gasteiger partial charge on any atom is -0.478 e. The minimum atomic E-state index is -0.963. The lowest BCUT2D eigenvalue weighted by Gasteiger charge is -2.15. The highest BCUT2D eigenvalue weighted by Gasteiger charge is 2.17. The summed E-state index contributed by atoms with van der Waals surface area (Å²) in [4.78, 5) is 23.9. The van der Waals surface area contributed by atoms with Crippen LogP contribution in [0.1, 0.15) is 30.3 Å². The first kappa shape index (κ1) is 19.4. The molecule has 8 heteroatoms. The van der Waals surface area contributed by atoms with Gasteiger partial charge in [-0.1, -0.05) is 12.1 Å². The molecule has 0 aliphatic heterocycles. The Bertz CT molecular complexity index is 804. The first-order valence-corrected chi connectivity index (χ1v) is 8.28. The molecule has 2 aromatic rings. The van der Waals surface area contributed by atoms with Crippen molar-refractivity contribution in [2.45, 2.75) is 39.7 Å². The van der Waals surface area contributed by atoms with Gasteiger partial charge < -0.3 is 4.74 Å². The van der Waals surface area contributed by atoms with Crippen LogP contribution in [0, 0.1) is 19.7 Å². The van der Waals surface area contributed by atoms with Gasteiger partial charge in [-0.15, -0.1) is 0 Å². The van der Waals surface area contributed by atoms with Crippen molar-refractivity contribution in [2.75, 3.05) is 0 Å². The number of ether oxygens (including phenoxy) is 1. The number of halogens is 1. The summed E-state index contributed by atoms with van der Waals surface area (Å²) in [6.07, 6.45) is -0.236. The normalized spacial score (nSPS) is 11.7. The van der Waals surface area contributed by atoms with E-state index in [4.69, 9.17) is 4.74 Å². The molecule has 2 rings (SSSR count). The van der Waals surface area contributed by atoms with Crippen LogP contribution in [-0.2, 0) is 23.1 Å². The molecule has 1 aromatic heterocycles. The predicted octanol–water partition coefficient (Wildman–Crippen LogP) is 1.72. The molecule has 26 heavy (non-hydrogen) atoms. The maximum atomic E-state index is 13.5. The monoisotopic (exact) mass is 362 g/mol. The standard InChI is InChI=1S/C18H23FN4O3/c1-11-14(12(2)23(4)22-11)9-10-17(24)20-21-18(25)13(3)26-16-8-6-5-7-15(16)19/h5-8,13H,9-10H2,1-4H3,(H,20,24)(H,21,25). The number of hydrogen-bond donors (Lipinski definition) is 2. The van der Waals surface area contributed by atoms with E-state index >= 15 is 0 Å². The summed E-state index contributed by atoms with van der Waals surface area (Å²) in [5.41, 5.74) is 7.53. The maximum Gasteiger partial charge on any atom is 0.279 e. The highest BCUT2D eigenvalue weighted by molar-refractivity contribution is 5.84. The molecule has 0 saturated carbocycles. The Hall–Kier alpha value is -2.90. The van der Waals surface area contributed by atoms with E-state index in [1.807, 2.05) is 20.9 Å². The fourth-order valence-electron chi connectivity index (χ4n) is 2.50. The lowest BCUT2D eigenvalue weighted by atomic mass is 10.1. The Labute approximate surface area is 151 Å². The van der Waals surface area contributed by atoms with Gasteiger partial charge in [0.25, 0.3) is 5.91 Å². The van der Waals surface area contributed by atoms with Crippen molar-refractivity contribution in [3.63, 3.8) is 0 Å². The zero-order chi connectivity index (χ0) is 19.3. The van der Waals surface area contributed by atoms with E-state index < -0.39 is 17.8 Å². The van der Waals surface area contributed by atoms with Crippen LogP contribution in [-0.4, -0.2) is 27.7 Å². The van der Waals surface area contributed by atoms with Gasteiger partial charge in [0, 0.05) is 19.2 Å². The molecular weight excluding hydrogens is 339 g/mol. The van der Waals surface area contributed by atoms with Crippen LogP contribution in [0.3, 0.4) is 0 Å². The van der Waals surface area contributed by atoms with E-state index in [1.165, 1.54) is 25.1 Å². The molecule has 1 atom stereocenters. The number of amides is 2. The van der Waals surface area contributed by atoms with Gasteiger partial charge in [0.2, 0.25) is 5.91 Å². The Morgan fingerprint density at radius 3 is 2.58 bits per heavy atom. The molecule has 0 fully saturated rings. The number of benzene rings is 1. The van der Waals surface area contributed by atoms with Crippen molar-refractivity contribution in [2.24, 2.45) is 7.05 Å². The summed E-state index contributed by atoms with van der Waals surface area (Å²) in [5.74, 6) is -1.49. The van der Waals surface area contributed by atoms with Crippen LogP contribution in [0.15, 0.2) is 24.3 Å². The van der Waals surface area contributed by atoms with E-state index in [0.29, 0.717) is 6.42 Å².